The molecule has 0 aliphatic carbocycles. The molecule has 1 heterocycles. The maximum Gasteiger partial charge on any atom is 0.337 e. The number of rotatable bonds is 5. The third kappa shape index (κ3) is 5.01. The molecule has 3 nitrogen and oxygen atoms in total. The van der Waals surface area contributed by atoms with Gasteiger partial charge in [-0.15, -0.1) is 0 Å². The minimum Gasteiger partial charge on any atom is -0.465 e. The van der Waals surface area contributed by atoms with Crippen molar-refractivity contribution in [3.05, 3.63) is 117 Å². The molecule has 184 valence electrons. The first-order valence-corrected chi connectivity index (χ1v) is 13.0. The third-order valence-electron chi connectivity index (χ3n) is 7.41. The molecule has 0 N–H and O–H groups in total. The van der Waals surface area contributed by atoms with Gasteiger partial charge in [0, 0.05) is 28.7 Å². The molecule has 1 unspecified atom stereocenters. The Kier molecular flexibility index (Phi) is 7.07. The molecule has 0 bridgehead atoms. The van der Waals surface area contributed by atoms with Gasteiger partial charge in [-0.1, -0.05) is 71.2 Å². The van der Waals surface area contributed by atoms with E-state index in [4.69, 9.17) is 27.9 Å². The molecule has 5 rings (SSSR count). The van der Waals surface area contributed by atoms with Crippen LogP contribution in [0.15, 0.2) is 78.9 Å². The Morgan fingerprint density at radius 3 is 2.25 bits per heavy atom. The predicted molar refractivity (Wildman–Crippen MR) is 148 cm³/mol. The summed E-state index contributed by atoms with van der Waals surface area (Å²) in [7, 11) is 1.40. The molecule has 36 heavy (non-hydrogen) atoms. The van der Waals surface area contributed by atoms with Gasteiger partial charge in [0.05, 0.1) is 12.7 Å². The van der Waals surface area contributed by atoms with Gasteiger partial charge in [-0.25, -0.2) is 4.79 Å². The predicted octanol–water partition coefficient (Wildman–Crippen LogP) is 8.53. The summed E-state index contributed by atoms with van der Waals surface area (Å²) in [6.45, 7) is 5.24. The minimum absolute atomic E-state index is 0.148. The minimum atomic E-state index is -0.322. The molecular weight excluding hydrogens is 489 g/mol. The van der Waals surface area contributed by atoms with Gasteiger partial charge in [-0.2, -0.15) is 0 Å². The second kappa shape index (κ2) is 10.3. The number of benzene rings is 4. The van der Waals surface area contributed by atoms with Crippen molar-refractivity contribution in [2.45, 2.75) is 38.3 Å². The fourth-order valence-corrected chi connectivity index (χ4v) is 6.01. The molecule has 0 spiro atoms. The average Bonchev–Trinajstić information content (AvgIpc) is 3.32. The summed E-state index contributed by atoms with van der Waals surface area (Å²) >= 11 is 12.7. The number of methoxy groups -OCH3 is 1. The zero-order valence-electron chi connectivity index (χ0n) is 20.7. The zero-order valence-corrected chi connectivity index (χ0v) is 22.2. The molecule has 5 heteroatoms. The van der Waals surface area contributed by atoms with Crippen LogP contribution in [-0.2, 0) is 4.74 Å². The van der Waals surface area contributed by atoms with Gasteiger partial charge in [0.2, 0.25) is 0 Å². The van der Waals surface area contributed by atoms with Crippen LogP contribution in [0, 0.1) is 6.92 Å². The highest BCUT2D eigenvalue weighted by Crippen LogP contribution is 2.46. The highest BCUT2D eigenvalue weighted by Gasteiger charge is 2.37. The lowest BCUT2D eigenvalue weighted by molar-refractivity contribution is 0.0600. The normalized spacial score (nSPS) is 18.9. The van der Waals surface area contributed by atoms with Crippen LogP contribution in [0.4, 0.5) is 0 Å². The lowest BCUT2D eigenvalue weighted by Crippen LogP contribution is -2.27. The topological polar surface area (TPSA) is 29.5 Å². The van der Waals surface area contributed by atoms with E-state index in [2.05, 4.69) is 55.1 Å². The number of fused-ring (bicyclic) bond motifs is 1. The van der Waals surface area contributed by atoms with Gasteiger partial charge in [0.1, 0.15) is 0 Å². The van der Waals surface area contributed by atoms with E-state index in [1.54, 1.807) is 6.07 Å². The first-order valence-electron chi connectivity index (χ1n) is 12.2. The third-order valence-corrected chi connectivity index (χ3v) is 7.85. The molecule has 0 amide bonds. The van der Waals surface area contributed by atoms with Crippen molar-refractivity contribution in [1.29, 1.82) is 0 Å². The van der Waals surface area contributed by atoms with Crippen LogP contribution < -0.4 is 0 Å². The van der Waals surface area contributed by atoms with E-state index in [0.717, 1.165) is 18.5 Å². The molecule has 3 atom stereocenters. The van der Waals surface area contributed by atoms with E-state index < -0.39 is 0 Å². The molecule has 4 aromatic rings. The first-order chi connectivity index (χ1) is 17.3. The number of hydrogen-bond acceptors (Lipinski definition) is 3. The number of carbonyl (C=O) groups excluding carboxylic acids is 1. The van der Waals surface area contributed by atoms with Crippen LogP contribution in [0.1, 0.15) is 64.0 Å². The Balaban J connectivity index is 1.51. The Morgan fingerprint density at radius 2 is 1.56 bits per heavy atom. The molecule has 0 saturated carbocycles. The number of aryl methyl sites for hydroxylation is 1. The van der Waals surface area contributed by atoms with Crippen LogP contribution in [0.25, 0.3) is 10.8 Å². The smallest absolute Gasteiger partial charge is 0.337 e. The lowest BCUT2D eigenvalue weighted by Gasteiger charge is -2.31. The standard InChI is InChI=1S/C31H29Cl2NO2/c1-19-4-5-24-13-25(11-10-23(24)12-19)30-16-27(26-14-28(32)17-29(33)15-26)18-34(30)20(2)21-6-8-22(9-7-21)31(35)36-3/h4-15,17,20,27,30H,16,18H2,1-3H3/t20?,27-,30+/m0/s1. The molecular formula is C31H29Cl2NO2. The number of hydrogen-bond donors (Lipinski definition) is 0. The number of halogens is 2. The van der Waals surface area contributed by atoms with Crippen molar-refractivity contribution < 1.29 is 9.53 Å². The van der Waals surface area contributed by atoms with E-state index in [1.807, 2.05) is 36.4 Å². The highest BCUT2D eigenvalue weighted by molar-refractivity contribution is 6.34. The maximum atomic E-state index is 11.9. The number of ether oxygens (including phenoxy) is 1. The fraction of sp³-hybridized carbons (Fsp3) is 0.258. The number of carbonyl (C=O) groups is 1. The SMILES string of the molecule is COC(=O)c1ccc(C(C)N2C[C@@H](c3cc(Cl)cc(Cl)c3)C[C@@H]2c2ccc3cc(C)ccc3c2)cc1. The Labute approximate surface area is 222 Å². The summed E-state index contributed by atoms with van der Waals surface area (Å²) < 4.78 is 4.87. The summed E-state index contributed by atoms with van der Waals surface area (Å²) in [6, 6.07) is 27.4. The van der Waals surface area contributed by atoms with Crippen molar-refractivity contribution in [2.75, 3.05) is 13.7 Å². The van der Waals surface area contributed by atoms with Gasteiger partial charge < -0.3 is 4.74 Å². The largest absolute Gasteiger partial charge is 0.465 e. The lowest BCUT2D eigenvalue weighted by atomic mass is 9.92. The van der Waals surface area contributed by atoms with Crippen LogP contribution in [-0.4, -0.2) is 24.5 Å². The number of nitrogens with zero attached hydrogens (tertiary/aromatic N) is 1. The quantitative estimate of drug-likeness (QED) is 0.248. The van der Waals surface area contributed by atoms with Gasteiger partial charge in [-0.3, -0.25) is 4.90 Å². The molecule has 1 fully saturated rings. The van der Waals surface area contributed by atoms with Crippen molar-refractivity contribution in [3.63, 3.8) is 0 Å². The molecule has 0 aromatic heterocycles. The molecule has 1 aliphatic rings. The van der Waals surface area contributed by atoms with Crippen LogP contribution >= 0.6 is 23.2 Å². The molecule has 1 aliphatic heterocycles. The monoisotopic (exact) mass is 517 g/mol. The van der Waals surface area contributed by atoms with Crippen molar-refractivity contribution in [1.82, 2.24) is 4.90 Å². The molecule has 4 aromatic carbocycles. The summed E-state index contributed by atoms with van der Waals surface area (Å²) in [4.78, 5) is 14.5. The van der Waals surface area contributed by atoms with Crippen molar-refractivity contribution >= 4 is 39.9 Å². The summed E-state index contributed by atoms with van der Waals surface area (Å²) in [5.41, 5.74) is 5.46. The van der Waals surface area contributed by atoms with E-state index in [0.29, 0.717) is 21.5 Å². The number of likely N-dealkylation sites (tertiary alicyclic amines) is 1. The van der Waals surface area contributed by atoms with Crippen LogP contribution in [0.5, 0.6) is 0 Å². The Bertz CT molecular complexity index is 1400. The van der Waals surface area contributed by atoms with Gasteiger partial charge in [0.25, 0.3) is 0 Å². The highest BCUT2D eigenvalue weighted by atomic mass is 35.5. The van der Waals surface area contributed by atoms with E-state index in [9.17, 15) is 4.79 Å². The zero-order chi connectivity index (χ0) is 25.4. The molecule has 1 saturated heterocycles. The fourth-order valence-electron chi connectivity index (χ4n) is 5.47. The second-order valence-corrected chi connectivity index (χ2v) is 10.6. The van der Waals surface area contributed by atoms with E-state index in [-0.39, 0.29) is 18.1 Å². The van der Waals surface area contributed by atoms with Crippen molar-refractivity contribution in [2.24, 2.45) is 0 Å². The second-order valence-electron chi connectivity index (χ2n) is 9.75. The summed E-state index contributed by atoms with van der Waals surface area (Å²) in [5.74, 6) is -0.0192. The average molecular weight is 518 g/mol. The Hall–Kier alpha value is -2.85. The Morgan fingerprint density at radius 1 is 0.889 bits per heavy atom. The van der Waals surface area contributed by atoms with Gasteiger partial charge in [-0.05, 0) is 90.0 Å². The van der Waals surface area contributed by atoms with E-state index in [1.165, 1.54) is 34.6 Å². The first kappa shape index (κ1) is 24.8. The summed E-state index contributed by atoms with van der Waals surface area (Å²) in [5, 5.41) is 3.84. The van der Waals surface area contributed by atoms with Crippen LogP contribution in [0.3, 0.4) is 0 Å². The van der Waals surface area contributed by atoms with Gasteiger partial charge in [0.15, 0.2) is 0 Å². The summed E-state index contributed by atoms with van der Waals surface area (Å²) in [6.07, 6.45) is 0.971. The molecule has 0 radical (unpaired) electrons. The van der Waals surface area contributed by atoms with E-state index >= 15 is 0 Å². The maximum absolute atomic E-state index is 11.9. The van der Waals surface area contributed by atoms with Crippen molar-refractivity contribution in [3.8, 4) is 0 Å². The van der Waals surface area contributed by atoms with Gasteiger partial charge >= 0.3 is 5.97 Å². The number of esters is 1. The van der Waals surface area contributed by atoms with Crippen LogP contribution in [0.2, 0.25) is 10.0 Å².